The first-order valence-corrected chi connectivity index (χ1v) is 7.85. The Balaban J connectivity index is 2.36. The maximum atomic E-state index is 13.9. The van der Waals surface area contributed by atoms with Crippen molar-refractivity contribution in [2.45, 2.75) is 24.3 Å². The molecule has 2 rings (SSSR count). The molecular weight excluding hydrogens is 281 g/mol. The van der Waals surface area contributed by atoms with E-state index in [1.165, 1.54) is 16.4 Å². The molecule has 0 atom stereocenters. The molecular formula is C13H20FN3O2S. The minimum atomic E-state index is -3.83. The summed E-state index contributed by atoms with van der Waals surface area (Å²) < 4.78 is 40.3. The van der Waals surface area contributed by atoms with Gasteiger partial charge in [0.1, 0.15) is 10.7 Å². The lowest BCUT2D eigenvalue weighted by Gasteiger charge is -2.44. The molecule has 5 nitrogen and oxygen atoms in total. The molecule has 1 aliphatic heterocycles. The summed E-state index contributed by atoms with van der Waals surface area (Å²) >= 11 is 0. The normalized spacial score (nSPS) is 21.0. The second-order valence-electron chi connectivity index (χ2n) is 5.76. The molecule has 0 aliphatic carbocycles. The van der Waals surface area contributed by atoms with Crippen molar-refractivity contribution in [1.29, 1.82) is 0 Å². The van der Waals surface area contributed by atoms with E-state index in [4.69, 9.17) is 5.73 Å². The predicted octanol–water partition coefficient (Wildman–Crippen LogP) is 1.12. The van der Waals surface area contributed by atoms with Gasteiger partial charge in [-0.1, -0.05) is 0 Å². The highest BCUT2D eigenvalue weighted by Gasteiger charge is 2.38. The third-order valence-corrected chi connectivity index (χ3v) is 5.73. The van der Waals surface area contributed by atoms with Crippen LogP contribution in [0, 0.1) is 5.82 Å². The Morgan fingerprint density at radius 3 is 2.50 bits per heavy atom. The first-order chi connectivity index (χ1) is 9.14. The van der Waals surface area contributed by atoms with E-state index in [2.05, 4.69) is 4.90 Å². The van der Waals surface area contributed by atoms with E-state index < -0.39 is 15.8 Å². The molecule has 112 valence electrons. The molecule has 0 spiro atoms. The molecule has 0 bridgehead atoms. The van der Waals surface area contributed by atoms with Crippen molar-refractivity contribution in [1.82, 2.24) is 9.21 Å². The average Bonchev–Trinajstić information content (AvgIpc) is 2.31. The quantitative estimate of drug-likeness (QED) is 0.831. The molecule has 0 amide bonds. The van der Waals surface area contributed by atoms with E-state index in [9.17, 15) is 12.8 Å². The highest BCUT2D eigenvalue weighted by Crippen LogP contribution is 2.26. The van der Waals surface area contributed by atoms with Gasteiger partial charge in [-0.25, -0.2) is 12.8 Å². The summed E-state index contributed by atoms with van der Waals surface area (Å²) in [6.07, 6.45) is 0. The lowest BCUT2D eigenvalue weighted by atomic mass is 10.0. The molecule has 0 radical (unpaired) electrons. The molecule has 0 saturated carbocycles. The zero-order chi connectivity index (χ0) is 15.1. The number of piperazine rings is 1. The van der Waals surface area contributed by atoms with Crippen LogP contribution in [0.3, 0.4) is 0 Å². The van der Waals surface area contributed by atoms with Gasteiger partial charge in [-0.15, -0.1) is 0 Å². The van der Waals surface area contributed by atoms with Crippen LogP contribution in [0.5, 0.6) is 0 Å². The summed E-state index contributed by atoms with van der Waals surface area (Å²) in [5.41, 5.74) is 5.38. The number of rotatable bonds is 2. The van der Waals surface area contributed by atoms with Crippen LogP contribution in [0.1, 0.15) is 13.8 Å². The van der Waals surface area contributed by atoms with Gasteiger partial charge >= 0.3 is 0 Å². The summed E-state index contributed by atoms with van der Waals surface area (Å²) in [4.78, 5) is 1.78. The Morgan fingerprint density at radius 1 is 1.30 bits per heavy atom. The maximum Gasteiger partial charge on any atom is 0.246 e. The number of nitrogens with zero attached hydrogens (tertiary/aromatic N) is 2. The van der Waals surface area contributed by atoms with E-state index >= 15 is 0 Å². The van der Waals surface area contributed by atoms with Crippen LogP contribution in [0.15, 0.2) is 23.1 Å². The van der Waals surface area contributed by atoms with Crippen molar-refractivity contribution in [2.24, 2.45) is 0 Å². The number of halogens is 1. The fourth-order valence-electron chi connectivity index (χ4n) is 2.27. The number of nitrogen functional groups attached to an aromatic ring is 1. The van der Waals surface area contributed by atoms with E-state index in [1.807, 2.05) is 20.9 Å². The summed E-state index contributed by atoms with van der Waals surface area (Å²) in [5.74, 6) is -0.804. The molecule has 1 saturated heterocycles. The van der Waals surface area contributed by atoms with Crippen molar-refractivity contribution >= 4 is 15.7 Å². The largest absolute Gasteiger partial charge is 0.399 e. The summed E-state index contributed by atoms with van der Waals surface area (Å²) in [5, 5.41) is 0. The van der Waals surface area contributed by atoms with E-state index in [0.717, 1.165) is 6.07 Å². The average molecular weight is 301 g/mol. The van der Waals surface area contributed by atoms with Crippen molar-refractivity contribution in [3.8, 4) is 0 Å². The highest BCUT2D eigenvalue weighted by molar-refractivity contribution is 7.89. The molecule has 1 fully saturated rings. The monoisotopic (exact) mass is 301 g/mol. The standard InChI is InChI=1S/C13H20FN3O2S/c1-13(2)9-17(7-6-16(13)3)20(18,19)12-5-4-10(15)8-11(12)14/h4-5,8H,6-7,9,15H2,1-3H3. The molecule has 0 aromatic heterocycles. The zero-order valence-electron chi connectivity index (χ0n) is 11.9. The van der Waals surface area contributed by atoms with Gasteiger partial charge in [-0.3, -0.25) is 4.90 Å². The molecule has 1 heterocycles. The smallest absolute Gasteiger partial charge is 0.246 e. The fraction of sp³-hybridized carbons (Fsp3) is 0.538. The minimum absolute atomic E-state index is 0.208. The third kappa shape index (κ3) is 2.65. The molecule has 20 heavy (non-hydrogen) atoms. The lowest BCUT2D eigenvalue weighted by Crippen LogP contribution is -2.58. The molecule has 1 aromatic carbocycles. The van der Waals surface area contributed by atoms with Crippen LogP contribution in [-0.2, 0) is 10.0 Å². The maximum absolute atomic E-state index is 13.9. The lowest BCUT2D eigenvalue weighted by molar-refractivity contribution is 0.0800. The van der Waals surface area contributed by atoms with Gasteiger partial charge in [0.15, 0.2) is 0 Å². The molecule has 1 aliphatic rings. The van der Waals surface area contributed by atoms with E-state index in [0.29, 0.717) is 19.6 Å². The van der Waals surface area contributed by atoms with Gasteiger partial charge in [-0.2, -0.15) is 4.31 Å². The number of nitrogens with two attached hydrogens (primary N) is 1. The van der Waals surface area contributed by atoms with Crippen LogP contribution < -0.4 is 5.73 Å². The Labute approximate surface area is 119 Å². The SMILES string of the molecule is CN1CCN(S(=O)(=O)c2ccc(N)cc2F)CC1(C)C. The predicted molar refractivity (Wildman–Crippen MR) is 76.3 cm³/mol. The number of anilines is 1. The van der Waals surface area contributed by atoms with Crippen LogP contribution in [0.4, 0.5) is 10.1 Å². The number of hydrogen-bond donors (Lipinski definition) is 1. The third-order valence-electron chi connectivity index (χ3n) is 3.86. The van der Waals surface area contributed by atoms with Gasteiger partial charge in [-0.05, 0) is 39.1 Å². The van der Waals surface area contributed by atoms with Crippen LogP contribution in [0.2, 0.25) is 0 Å². The topological polar surface area (TPSA) is 66.6 Å². The second kappa shape index (κ2) is 4.98. The van der Waals surface area contributed by atoms with Crippen LogP contribution in [0.25, 0.3) is 0 Å². The molecule has 0 unspecified atom stereocenters. The Morgan fingerprint density at radius 2 is 1.95 bits per heavy atom. The fourth-order valence-corrected chi connectivity index (χ4v) is 3.90. The molecule has 2 N–H and O–H groups in total. The Bertz CT molecular complexity index is 616. The van der Waals surface area contributed by atoms with Gasteiger partial charge in [0.05, 0.1) is 0 Å². The Kier molecular flexibility index (Phi) is 3.79. The summed E-state index contributed by atoms with van der Waals surface area (Å²) in [7, 11) is -1.88. The van der Waals surface area contributed by atoms with Crippen molar-refractivity contribution in [3.63, 3.8) is 0 Å². The number of hydrogen-bond acceptors (Lipinski definition) is 4. The van der Waals surface area contributed by atoms with Gasteiger partial charge in [0.25, 0.3) is 0 Å². The molecule has 7 heteroatoms. The first-order valence-electron chi connectivity index (χ1n) is 6.41. The summed E-state index contributed by atoms with van der Waals surface area (Å²) in [6, 6.07) is 3.66. The van der Waals surface area contributed by atoms with Crippen molar-refractivity contribution < 1.29 is 12.8 Å². The summed E-state index contributed by atoms with van der Waals surface area (Å²) in [6.45, 7) is 5.23. The van der Waals surface area contributed by atoms with Gasteiger partial charge < -0.3 is 5.73 Å². The van der Waals surface area contributed by atoms with Gasteiger partial charge in [0.2, 0.25) is 10.0 Å². The number of likely N-dealkylation sites (N-methyl/N-ethyl adjacent to an activating group) is 1. The number of sulfonamides is 1. The first kappa shape index (κ1) is 15.2. The highest BCUT2D eigenvalue weighted by atomic mass is 32.2. The van der Waals surface area contributed by atoms with E-state index in [-0.39, 0.29) is 16.1 Å². The van der Waals surface area contributed by atoms with E-state index in [1.54, 1.807) is 0 Å². The van der Waals surface area contributed by atoms with Crippen molar-refractivity contribution in [2.75, 3.05) is 32.4 Å². The van der Waals surface area contributed by atoms with Gasteiger partial charge in [0, 0.05) is 30.9 Å². The minimum Gasteiger partial charge on any atom is -0.399 e. The number of benzene rings is 1. The van der Waals surface area contributed by atoms with Crippen LogP contribution >= 0.6 is 0 Å². The zero-order valence-corrected chi connectivity index (χ0v) is 12.7. The van der Waals surface area contributed by atoms with Crippen LogP contribution in [-0.4, -0.2) is 49.8 Å². The molecule has 1 aromatic rings. The van der Waals surface area contributed by atoms with Crippen molar-refractivity contribution in [3.05, 3.63) is 24.0 Å². The Hall–Kier alpha value is -1.18. The second-order valence-corrected chi connectivity index (χ2v) is 7.67.